The van der Waals surface area contributed by atoms with Gasteiger partial charge >= 0.3 is 30.9 Å². The highest BCUT2D eigenvalue weighted by Gasteiger charge is 2.38. The van der Waals surface area contributed by atoms with Gasteiger partial charge in [-0.1, -0.05) is 98.7 Å². The first-order chi connectivity index (χ1) is 53.2. The number of hydrogen-bond donors (Lipinski definition) is 6. The van der Waals surface area contributed by atoms with E-state index >= 15 is 0 Å². The predicted molar refractivity (Wildman–Crippen MR) is 426 cm³/mol. The van der Waals surface area contributed by atoms with Gasteiger partial charge in [0.05, 0.1) is 57.9 Å². The van der Waals surface area contributed by atoms with E-state index < -0.39 is 60.0 Å². The lowest BCUT2D eigenvalue weighted by molar-refractivity contribution is -0.145. The standard InChI is InChI=1S/C15H17F3N4S2.C14H16F3N5S2.C9H5BrF3N3S2.C9H7F3N4S2.C6H4ClF3N2.C6H13N.C4H3N3S2.2CH4/c16-15(17,18)13-19-6-10(7-20-13)9-23-12-8-21-14(24-12)22-11-4-2-1-3-5-11;15-14(16,17)12-19-4-9(5-20-12)8-23-11-7-21-13(24-11)22-10-2-1-3-18-6-10;10-8-16-3-6(18-8)17-4-5-1-14-7(15-2-5)9(11,12)13;10-9(11,12)7-14-1-5(2-15-7)4-17-6-3-16-8(13)18-6;7-1-4-2-11-5(12-3-4)6(8,9)10;7-6-4-2-1-3-5-6;5-2-8-3-1-7-4(6)9-3;;/h6-8,11H,1-5,9H2,(H,21,22);4-5,7,10,18H,1-3,6,8H2,(H,21,22);1-3H,4H2;1-3H,4H2,(H2,13,16);2-3H,1H2;6H,1-5,7H2;1H,(H2,6,7);2*1H4/t;10-;;;;;;;/m.1......./s1. The Kier molecular flexibility index (Phi) is 42.3. The van der Waals surface area contributed by atoms with E-state index in [0.29, 0.717) is 79.2 Å². The molecule has 114 heavy (non-hydrogen) atoms. The fourth-order valence-electron chi connectivity index (χ4n) is 8.99. The van der Waals surface area contributed by atoms with E-state index in [1.54, 1.807) is 53.7 Å². The summed E-state index contributed by atoms with van der Waals surface area (Å²) in [6.07, 6.45) is 12.9. The number of halogens is 17. The number of thioether (sulfide) groups is 5. The third-order valence-corrected chi connectivity index (χ3v) is 25.3. The molecule has 11 heterocycles. The van der Waals surface area contributed by atoms with Crippen LogP contribution in [0.15, 0.2) is 118 Å². The van der Waals surface area contributed by atoms with Crippen molar-refractivity contribution < 1.29 is 65.9 Å². The minimum absolute atomic E-state index is 0. The third-order valence-electron chi connectivity index (χ3n) is 14.3. The first-order valence-electron chi connectivity index (χ1n) is 32.7. The van der Waals surface area contributed by atoms with Gasteiger partial charge in [-0.2, -0.15) is 71.1 Å². The molecule has 10 aromatic rings. The van der Waals surface area contributed by atoms with Gasteiger partial charge in [0.1, 0.15) is 5.40 Å². The summed E-state index contributed by atoms with van der Waals surface area (Å²) >= 11 is 22.8. The molecule has 0 radical (unpaired) electrons. The van der Waals surface area contributed by atoms with Crippen molar-refractivity contribution in [2.45, 2.75) is 191 Å². The van der Waals surface area contributed by atoms with Crippen LogP contribution in [0.3, 0.4) is 0 Å². The number of thiazole rings is 5. The average molecular weight is 1880 g/mol. The molecule has 2 aliphatic carbocycles. The molecule has 0 bridgehead atoms. The van der Waals surface area contributed by atoms with Crippen LogP contribution < -0.4 is 33.2 Å². The minimum atomic E-state index is -4.50. The number of nitrogens with one attached hydrogen (secondary N) is 3. The number of nitrogens with two attached hydrogens (primary N) is 3. The fraction of sp³-hybridized carbons (Fsp3) is 0.446. The fourth-order valence-corrected chi connectivity index (χ4v) is 18.2. The second-order valence-corrected chi connectivity index (χ2v) is 36.0. The van der Waals surface area contributed by atoms with Crippen LogP contribution in [0, 0.1) is 10.7 Å². The molecule has 49 heteroatoms. The summed E-state index contributed by atoms with van der Waals surface area (Å²) in [5, 5.41) is 23.1. The van der Waals surface area contributed by atoms with E-state index in [2.05, 4.69) is 107 Å². The Morgan fingerprint density at radius 2 is 0.719 bits per heavy atom. The number of alkyl halides is 16. The lowest BCUT2D eigenvalue weighted by Crippen LogP contribution is -2.38. The molecule has 0 aromatic carbocycles. The molecule has 1 atom stereocenters. The van der Waals surface area contributed by atoms with Crippen molar-refractivity contribution in [2.24, 2.45) is 5.73 Å². The Morgan fingerprint density at radius 3 is 1.01 bits per heavy atom. The summed E-state index contributed by atoms with van der Waals surface area (Å²) in [5.41, 5.74) is 19.4. The third kappa shape index (κ3) is 37.5. The average Bonchev–Trinajstić information content (AvgIpc) is 1.44. The van der Waals surface area contributed by atoms with Crippen LogP contribution in [0.25, 0.3) is 0 Å². The van der Waals surface area contributed by atoms with E-state index in [0.717, 1.165) is 85.3 Å². The van der Waals surface area contributed by atoms with E-state index in [1.165, 1.54) is 195 Å². The summed E-state index contributed by atoms with van der Waals surface area (Å²) in [7, 11) is 0. The molecular weight excluding hydrogens is 1810 g/mol. The van der Waals surface area contributed by atoms with Crippen molar-refractivity contribution in [1.82, 2.24) is 80.1 Å². The van der Waals surface area contributed by atoms with Gasteiger partial charge < -0.3 is 33.2 Å². The topological polar surface area (TPSA) is 331 Å². The summed E-state index contributed by atoms with van der Waals surface area (Å²) in [6, 6.07) is 1.44. The zero-order chi connectivity index (χ0) is 81.3. The zero-order valence-electron chi connectivity index (χ0n) is 57.7. The molecule has 13 rings (SSSR count). The summed E-state index contributed by atoms with van der Waals surface area (Å²) in [6.45, 7) is 2.00. The number of aromatic nitrogens is 15. The first kappa shape index (κ1) is 98.2. The Hall–Kier alpha value is -6.37. The van der Waals surface area contributed by atoms with Gasteiger partial charge in [0.2, 0.25) is 29.1 Å². The molecule has 1 aliphatic heterocycles. The van der Waals surface area contributed by atoms with E-state index in [1.807, 2.05) is 5.40 Å². The maximum atomic E-state index is 12.4. The number of anilines is 4. The normalized spacial score (nSPS) is 14.5. The molecule has 3 fully saturated rings. The highest BCUT2D eigenvalue weighted by molar-refractivity contribution is 9.11. The predicted octanol–water partition coefficient (Wildman–Crippen LogP) is 21.3. The first-order valence-corrected chi connectivity index (χ1v) is 42.8. The van der Waals surface area contributed by atoms with Crippen LogP contribution in [0.1, 0.15) is 149 Å². The quantitative estimate of drug-likeness (QED) is 0.0201. The number of hydrogen-bond acceptors (Lipinski definition) is 32. The molecule has 1 saturated heterocycles. The second kappa shape index (κ2) is 49.1. The smallest absolute Gasteiger partial charge is 0.375 e. The molecule has 2 saturated carbocycles. The Labute approximate surface area is 700 Å². The van der Waals surface area contributed by atoms with Crippen molar-refractivity contribution in [2.75, 3.05) is 35.2 Å². The Balaban J connectivity index is 0.000000244. The molecular formula is C65H73BrClF15N22S10. The van der Waals surface area contributed by atoms with Crippen LogP contribution in [0.4, 0.5) is 86.4 Å². The summed E-state index contributed by atoms with van der Waals surface area (Å²) in [4.78, 5) is 53.2. The number of piperidine rings is 1. The number of nitrogen functional groups attached to an aromatic ring is 2. The highest BCUT2D eigenvalue weighted by atomic mass is 79.9. The second-order valence-electron chi connectivity index (χ2n) is 23.0. The highest BCUT2D eigenvalue weighted by Crippen LogP contribution is 2.37. The minimum Gasteiger partial charge on any atom is -0.375 e. The van der Waals surface area contributed by atoms with Crippen molar-refractivity contribution >= 4 is 164 Å². The van der Waals surface area contributed by atoms with Gasteiger partial charge in [0.25, 0.3) is 0 Å². The number of rotatable bonds is 18. The maximum Gasteiger partial charge on any atom is 0.451 e. The van der Waals surface area contributed by atoms with E-state index in [4.69, 9.17) is 34.1 Å². The molecule has 9 N–H and O–H groups in total. The van der Waals surface area contributed by atoms with Crippen LogP contribution in [0.2, 0.25) is 0 Å². The largest absolute Gasteiger partial charge is 0.451 e. The Bertz CT molecular complexity index is 4160. The lowest BCUT2D eigenvalue weighted by atomic mass is 9.96. The lowest BCUT2D eigenvalue weighted by Gasteiger charge is -2.23. The molecule has 622 valence electrons. The van der Waals surface area contributed by atoms with Gasteiger partial charge in [-0.15, -0.1) is 70.0 Å². The van der Waals surface area contributed by atoms with Crippen LogP contribution >= 0.6 is 143 Å². The summed E-state index contributed by atoms with van der Waals surface area (Å²) in [5.74, 6) is -3.49. The van der Waals surface area contributed by atoms with Crippen LogP contribution in [-0.2, 0) is 59.8 Å². The molecule has 10 aromatic heterocycles. The SMILES string of the molecule is C.C.FC(F)(F)c1ncc(CCl)cn1.FC(F)(F)c1ncc(CSc2cnc(Br)s2)cn1.FC(F)(F)c1ncc(CSc2cnc(NC3CCCCC3)s2)cn1.FC(F)(F)c1ncc(CSc2cnc(N[C@@H]3CCCNC3)s2)cn1.N#CSc1cnc(N)s1.NC1CCCCC1.Nc1ncc(SCc2cnc(C(F)(F)F)nc2)s1. The molecule has 3 aliphatic rings. The van der Waals surface area contributed by atoms with E-state index in [9.17, 15) is 65.9 Å². The van der Waals surface area contributed by atoms with Gasteiger partial charge in [-0.05, 0) is 83.3 Å². The molecule has 0 unspecified atom stereocenters. The van der Waals surface area contributed by atoms with Crippen molar-refractivity contribution in [3.63, 3.8) is 0 Å². The monoisotopic (exact) mass is 1880 g/mol. The van der Waals surface area contributed by atoms with Gasteiger partial charge in [-0.25, -0.2) is 74.8 Å². The van der Waals surface area contributed by atoms with Crippen molar-refractivity contribution in [3.8, 4) is 5.40 Å². The van der Waals surface area contributed by atoms with E-state index in [-0.39, 0.29) is 20.7 Å². The number of nitriles is 1. The molecule has 22 nitrogen and oxygen atoms in total. The number of nitrogens with zero attached hydrogens (tertiary/aromatic N) is 16. The van der Waals surface area contributed by atoms with Crippen LogP contribution in [0.5, 0.6) is 0 Å². The maximum absolute atomic E-state index is 12.4. The van der Waals surface area contributed by atoms with Gasteiger partial charge in [0.15, 0.2) is 24.4 Å². The summed E-state index contributed by atoms with van der Waals surface area (Å²) < 4.78 is 189. The molecule has 0 amide bonds. The zero-order valence-corrected chi connectivity index (χ0v) is 68.2. The van der Waals surface area contributed by atoms with Gasteiger partial charge in [0, 0.05) is 127 Å². The van der Waals surface area contributed by atoms with Crippen LogP contribution in [-0.4, -0.2) is 106 Å². The van der Waals surface area contributed by atoms with Crippen molar-refractivity contribution in [1.29, 1.82) is 5.26 Å². The molecule has 0 spiro atoms. The Morgan fingerprint density at radius 1 is 0.412 bits per heavy atom. The number of thiocyanates is 1. The van der Waals surface area contributed by atoms with Crippen molar-refractivity contribution in [3.05, 3.63) is 154 Å². The van der Waals surface area contributed by atoms with Gasteiger partial charge in [-0.3, -0.25) is 0 Å².